The van der Waals surface area contributed by atoms with Gasteiger partial charge >= 0.3 is 0 Å². The standard InChI is InChI=1S/C18H24FN3OSSi/c1-12-16(14-6-7-15(19)18-17(14)20-10-24-18)13(2)22(21-12)11-23-8-9-25(3,4)5/h6-7,10H,8-9,11H2,1-5H3. The third-order valence-corrected chi connectivity index (χ3v) is 6.84. The van der Waals surface area contributed by atoms with Crippen molar-refractivity contribution in [2.75, 3.05) is 6.61 Å². The lowest BCUT2D eigenvalue weighted by Crippen LogP contribution is -2.22. The third kappa shape index (κ3) is 3.83. The average Bonchev–Trinajstić information content (AvgIpc) is 3.11. The predicted octanol–water partition coefficient (Wildman–Crippen LogP) is 5.23. The number of thiazole rings is 1. The highest BCUT2D eigenvalue weighted by Crippen LogP contribution is 2.35. The first-order valence-corrected chi connectivity index (χ1v) is 13.0. The summed E-state index contributed by atoms with van der Waals surface area (Å²) in [6.07, 6.45) is 0. The van der Waals surface area contributed by atoms with E-state index in [1.54, 1.807) is 11.6 Å². The monoisotopic (exact) mass is 377 g/mol. The average molecular weight is 378 g/mol. The van der Waals surface area contributed by atoms with Gasteiger partial charge in [0.1, 0.15) is 12.5 Å². The molecule has 0 bridgehead atoms. The van der Waals surface area contributed by atoms with Gasteiger partial charge in [-0.05, 0) is 32.0 Å². The van der Waals surface area contributed by atoms with Crippen LogP contribution in [0.3, 0.4) is 0 Å². The van der Waals surface area contributed by atoms with Gasteiger partial charge in [0.05, 0.1) is 21.4 Å². The second-order valence-corrected chi connectivity index (χ2v) is 14.0. The fourth-order valence-corrected chi connectivity index (χ4v) is 4.34. The summed E-state index contributed by atoms with van der Waals surface area (Å²) in [4.78, 5) is 4.36. The molecule has 0 amide bonds. The lowest BCUT2D eigenvalue weighted by Gasteiger charge is -2.15. The minimum absolute atomic E-state index is 0.223. The zero-order valence-electron chi connectivity index (χ0n) is 15.4. The predicted molar refractivity (Wildman–Crippen MR) is 104 cm³/mol. The van der Waals surface area contributed by atoms with E-state index in [0.717, 1.165) is 35.2 Å². The second kappa shape index (κ2) is 6.97. The van der Waals surface area contributed by atoms with E-state index < -0.39 is 8.07 Å². The summed E-state index contributed by atoms with van der Waals surface area (Å²) >= 11 is 1.33. The molecule has 0 saturated heterocycles. The number of hydrogen-bond acceptors (Lipinski definition) is 4. The van der Waals surface area contributed by atoms with Crippen LogP contribution in [0.15, 0.2) is 17.6 Å². The van der Waals surface area contributed by atoms with Gasteiger partial charge in [0.25, 0.3) is 0 Å². The highest BCUT2D eigenvalue weighted by molar-refractivity contribution is 7.16. The smallest absolute Gasteiger partial charge is 0.142 e. The molecule has 0 radical (unpaired) electrons. The lowest BCUT2D eigenvalue weighted by molar-refractivity contribution is 0.0770. The molecule has 0 N–H and O–H groups in total. The van der Waals surface area contributed by atoms with E-state index in [2.05, 4.69) is 29.7 Å². The molecule has 0 saturated carbocycles. The summed E-state index contributed by atoms with van der Waals surface area (Å²) in [5, 5.41) is 4.62. The minimum atomic E-state index is -1.09. The molecule has 25 heavy (non-hydrogen) atoms. The van der Waals surface area contributed by atoms with Crippen LogP contribution in [-0.2, 0) is 11.5 Å². The first kappa shape index (κ1) is 18.2. The molecule has 2 heterocycles. The van der Waals surface area contributed by atoms with Gasteiger partial charge in [-0.2, -0.15) is 5.10 Å². The zero-order valence-corrected chi connectivity index (χ0v) is 17.2. The molecule has 3 rings (SSSR count). The number of aryl methyl sites for hydroxylation is 1. The Bertz CT molecular complexity index is 898. The molecule has 134 valence electrons. The van der Waals surface area contributed by atoms with Crippen LogP contribution in [-0.4, -0.2) is 29.4 Å². The molecular weight excluding hydrogens is 353 g/mol. The van der Waals surface area contributed by atoms with Crippen LogP contribution in [0.5, 0.6) is 0 Å². The number of nitrogens with zero attached hydrogens (tertiary/aromatic N) is 3. The zero-order chi connectivity index (χ0) is 18.2. The molecule has 7 heteroatoms. The second-order valence-electron chi connectivity index (χ2n) is 7.52. The Morgan fingerprint density at radius 2 is 2.00 bits per heavy atom. The SMILES string of the molecule is Cc1nn(COCC[Si](C)(C)C)c(C)c1-c1ccc(F)c2scnc12. The molecule has 0 spiro atoms. The van der Waals surface area contributed by atoms with Gasteiger partial charge in [0.15, 0.2) is 0 Å². The lowest BCUT2D eigenvalue weighted by atomic mass is 10.0. The van der Waals surface area contributed by atoms with Crippen LogP contribution in [0.2, 0.25) is 25.7 Å². The van der Waals surface area contributed by atoms with E-state index in [0.29, 0.717) is 16.9 Å². The fourth-order valence-electron chi connectivity index (χ4n) is 2.86. The summed E-state index contributed by atoms with van der Waals surface area (Å²) in [7, 11) is -1.09. The van der Waals surface area contributed by atoms with E-state index in [1.807, 2.05) is 18.5 Å². The van der Waals surface area contributed by atoms with E-state index in [-0.39, 0.29) is 5.82 Å². The van der Waals surface area contributed by atoms with Gasteiger partial charge < -0.3 is 4.74 Å². The van der Waals surface area contributed by atoms with Crippen molar-refractivity contribution in [3.8, 4) is 11.1 Å². The fraction of sp³-hybridized carbons (Fsp3) is 0.444. The van der Waals surface area contributed by atoms with Crippen LogP contribution < -0.4 is 0 Å². The quantitative estimate of drug-likeness (QED) is 0.436. The maximum absolute atomic E-state index is 14.0. The first-order valence-electron chi connectivity index (χ1n) is 8.42. The van der Waals surface area contributed by atoms with Crippen LogP contribution in [0.4, 0.5) is 4.39 Å². The summed E-state index contributed by atoms with van der Waals surface area (Å²) in [5.74, 6) is -0.223. The van der Waals surface area contributed by atoms with Gasteiger partial charge in [-0.3, -0.25) is 0 Å². The van der Waals surface area contributed by atoms with Crippen LogP contribution >= 0.6 is 11.3 Å². The largest absolute Gasteiger partial charge is 0.360 e. The van der Waals surface area contributed by atoms with Crippen molar-refractivity contribution in [3.05, 3.63) is 34.8 Å². The maximum atomic E-state index is 14.0. The van der Waals surface area contributed by atoms with E-state index in [1.165, 1.54) is 17.4 Å². The summed E-state index contributed by atoms with van der Waals surface area (Å²) in [5.41, 5.74) is 6.27. The number of benzene rings is 1. The number of rotatable bonds is 6. The topological polar surface area (TPSA) is 39.9 Å². The summed E-state index contributed by atoms with van der Waals surface area (Å²) < 4.78 is 22.3. The molecule has 4 nitrogen and oxygen atoms in total. The van der Waals surface area contributed by atoms with Gasteiger partial charge in [-0.25, -0.2) is 14.1 Å². The normalized spacial score (nSPS) is 12.2. The molecule has 0 aliphatic carbocycles. The molecule has 0 fully saturated rings. The number of aromatic nitrogens is 3. The third-order valence-electron chi connectivity index (χ3n) is 4.30. The minimum Gasteiger partial charge on any atom is -0.360 e. The molecule has 0 unspecified atom stereocenters. The van der Waals surface area contributed by atoms with Crippen LogP contribution in [0.25, 0.3) is 21.3 Å². The summed E-state index contributed by atoms with van der Waals surface area (Å²) in [6.45, 7) is 12.2. The number of halogens is 1. The molecule has 0 aliphatic heterocycles. The van der Waals surface area contributed by atoms with Gasteiger partial charge in [0.2, 0.25) is 0 Å². The van der Waals surface area contributed by atoms with Gasteiger partial charge in [-0.1, -0.05) is 19.6 Å². The van der Waals surface area contributed by atoms with Crippen molar-refractivity contribution in [1.82, 2.24) is 14.8 Å². The van der Waals surface area contributed by atoms with Gasteiger partial charge in [0, 0.05) is 31.5 Å². The van der Waals surface area contributed by atoms with Crippen molar-refractivity contribution in [2.45, 2.75) is 46.3 Å². The molecule has 0 atom stereocenters. The van der Waals surface area contributed by atoms with E-state index >= 15 is 0 Å². The van der Waals surface area contributed by atoms with E-state index in [9.17, 15) is 4.39 Å². The number of hydrogen-bond donors (Lipinski definition) is 0. The highest BCUT2D eigenvalue weighted by atomic mass is 32.1. The Morgan fingerprint density at radius 1 is 1.24 bits per heavy atom. The van der Waals surface area contributed by atoms with Crippen LogP contribution in [0.1, 0.15) is 11.4 Å². The Hall–Kier alpha value is -1.57. The number of ether oxygens (including phenoxy) is 1. The van der Waals surface area contributed by atoms with Gasteiger partial charge in [-0.15, -0.1) is 11.3 Å². The van der Waals surface area contributed by atoms with Crippen molar-refractivity contribution in [3.63, 3.8) is 0 Å². The first-order chi connectivity index (χ1) is 11.8. The van der Waals surface area contributed by atoms with Crippen molar-refractivity contribution >= 4 is 29.6 Å². The summed E-state index contributed by atoms with van der Waals surface area (Å²) in [6, 6.07) is 4.44. The van der Waals surface area contributed by atoms with Crippen molar-refractivity contribution < 1.29 is 9.13 Å². The Morgan fingerprint density at radius 3 is 2.72 bits per heavy atom. The van der Waals surface area contributed by atoms with Crippen molar-refractivity contribution in [2.24, 2.45) is 0 Å². The Balaban J connectivity index is 1.87. The molecule has 2 aromatic heterocycles. The van der Waals surface area contributed by atoms with Crippen LogP contribution in [0, 0.1) is 19.7 Å². The Kier molecular flexibility index (Phi) is 5.08. The number of fused-ring (bicyclic) bond motifs is 1. The Labute approximate surface area is 152 Å². The molecule has 1 aromatic carbocycles. The molecule has 3 aromatic rings. The van der Waals surface area contributed by atoms with E-state index in [4.69, 9.17) is 4.74 Å². The maximum Gasteiger partial charge on any atom is 0.142 e. The highest BCUT2D eigenvalue weighted by Gasteiger charge is 2.19. The molecular formula is C18H24FN3OSSi. The van der Waals surface area contributed by atoms with Crippen molar-refractivity contribution in [1.29, 1.82) is 0 Å². The molecule has 0 aliphatic rings.